The van der Waals surface area contributed by atoms with Crippen LogP contribution in [0.5, 0.6) is 0 Å². The van der Waals surface area contributed by atoms with Crippen LogP contribution in [0.3, 0.4) is 0 Å². The van der Waals surface area contributed by atoms with Gasteiger partial charge in [0.25, 0.3) is 0 Å². The molecule has 0 bridgehead atoms. The number of para-hydroxylation sites is 1. The van der Waals surface area contributed by atoms with Crippen molar-refractivity contribution in [2.45, 2.75) is 27.2 Å². The van der Waals surface area contributed by atoms with Gasteiger partial charge < -0.3 is 4.90 Å². The molecule has 1 fully saturated rings. The lowest BCUT2D eigenvalue weighted by Gasteiger charge is -2.35. The summed E-state index contributed by atoms with van der Waals surface area (Å²) in [5, 5.41) is 5.64. The zero-order valence-corrected chi connectivity index (χ0v) is 14.5. The van der Waals surface area contributed by atoms with Crippen LogP contribution in [0.1, 0.15) is 25.8 Å². The maximum atomic E-state index is 4.61. The first-order valence-electron chi connectivity index (χ1n) is 8.63. The third-order valence-electron chi connectivity index (χ3n) is 4.86. The first kappa shape index (κ1) is 15.1. The van der Waals surface area contributed by atoms with E-state index < -0.39 is 0 Å². The molecule has 124 valence electrons. The van der Waals surface area contributed by atoms with Gasteiger partial charge in [0.05, 0.1) is 17.3 Å². The van der Waals surface area contributed by atoms with Crippen molar-refractivity contribution in [1.82, 2.24) is 19.7 Å². The van der Waals surface area contributed by atoms with Crippen molar-refractivity contribution in [2.24, 2.45) is 11.8 Å². The number of rotatable bonds is 2. The number of hydrogen-bond acceptors (Lipinski definition) is 4. The Bertz CT molecular complexity index is 859. The summed E-state index contributed by atoms with van der Waals surface area (Å²) in [4.78, 5) is 11.5. The van der Waals surface area contributed by atoms with Crippen LogP contribution in [0, 0.1) is 18.8 Å². The molecule has 3 heterocycles. The van der Waals surface area contributed by atoms with E-state index in [1.54, 1.807) is 6.33 Å². The SMILES string of the molecule is Cc1ccccc1-n1ncc2c(N3C[C@H](C)C[C@H](C)C3)ncnc21. The van der Waals surface area contributed by atoms with Crippen molar-refractivity contribution in [3.05, 3.63) is 42.4 Å². The lowest BCUT2D eigenvalue weighted by atomic mass is 9.92. The smallest absolute Gasteiger partial charge is 0.168 e. The third kappa shape index (κ3) is 2.54. The molecule has 0 spiro atoms. The minimum Gasteiger partial charge on any atom is -0.355 e. The van der Waals surface area contributed by atoms with E-state index in [0.717, 1.165) is 35.6 Å². The largest absolute Gasteiger partial charge is 0.355 e. The maximum Gasteiger partial charge on any atom is 0.168 e. The molecule has 1 aromatic carbocycles. The number of fused-ring (bicyclic) bond motifs is 1. The normalized spacial score (nSPS) is 21.4. The van der Waals surface area contributed by atoms with Gasteiger partial charge in [-0.1, -0.05) is 32.0 Å². The molecule has 0 N–H and O–H groups in total. The molecule has 4 rings (SSSR count). The Morgan fingerprint density at radius 1 is 1.04 bits per heavy atom. The van der Waals surface area contributed by atoms with Crippen molar-refractivity contribution in [3.63, 3.8) is 0 Å². The first-order valence-corrected chi connectivity index (χ1v) is 8.63. The first-order chi connectivity index (χ1) is 11.6. The maximum absolute atomic E-state index is 4.61. The number of aryl methyl sites for hydroxylation is 1. The van der Waals surface area contributed by atoms with E-state index >= 15 is 0 Å². The quantitative estimate of drug-likeness (QED) is 0.723. The van der Waals surface area contributed by atoms with Crippen molar-refractivity contribution in [2.75, 3.05) is 18.0 Å². The fourth-order valence-corrected chi connectivity index (χ4v) is 3.90. The summed E-state index contributed by atoms with van der Waals surface area (Å²) in [6, 6.07) is 8.25. The number of anilines is 1. The number of aromatic nitrogens is 4. The van der Waals surface area contributed by atoms with E-state index in [1.807, 2.05) is 23.0 Å². The highest BCUT2D eigenvalue weighted by Crippen LogP contribution is 2.30. The van der Waals surface area contributed by atoms with Crippen molar-refractivity contribution in [1.29, 1.82) is 0 Å². The molecular weight excluding hydrogens is 298 g/mol. The number of piperidine rings is 1. The van der Waals surface area contributed by atoms with Crippen molar-refractivity contribution >= 4 is 16.9 Å². The topological polar surface area (TPSA) is 46.8 Å². The van der Waals surface area contributed by atoms with Crippen molar-refractivity contribution < 1.29 is 0 Å². The van der Waals surface area contributed by atoms with Gasteiger partial charge in [0.1, 0.15) is 12.1 Å². The van der Waals surface area contributed by atoms with Crippen LogP contribution < -0.4 is 4.90 Å². The fraction of sp³-hybridized carbons (Fsp3) is 0.421. The van der Waals surface area contributed by atoms with Crippen LogP contribution in [-0.2, 0) is 0 Å². The van der Waals surface area contributed by atoms with Crippen LogP contribution in [-0.4, -0.2) is 32.8 Å². The van der Waals surface area contributed by atoms with E-state index in [2.05, 4.69) is 52.9 Å². The summed E-state index contributed by atoms with van der Waals surface area (Å²) in [6.45, 7) is 8.83. The molecular formula is C19H23N5. The number of nitrogens with zero attached hydrogens (tertiary/aromatic N) is 5. The molecule has 0 unspecified atom stereocenters. The summed E-state index contributed by atoms with van der Waals surface area (Å²) >= 11 is 0. The van der Waals surface area contributed by atoms with E-state index in [9.17, 15) is 0 Å². The Kier molecular flexibility index (Phi) is 3.71. The fourth-order valence-electron chi connectivity index (χ4n) is 3.90. The van der Waals surface area contributed by atoms with Crippen LogP contribution in [0.4, 0.5) is 5.82 Å². The van der Waals surface area contributed by atoms with Gasteiger partial charge in [-0.05, 0) is 36.8 Å². The molecule has 1 saturated heterocycles. The van der Waals surface area contributed by atoms with E-state index in [4.69, 9.17) is 0 Å². The second-order valence-corrected chi connectivity index (χ2v) is 7.13. The van der Waals surface area contributed by atoms with E-state index in [-0.39, 0.29) is 0 Å². The minimum atomic E-state index is 0.685. The number of hydrogen-bond donors (Lipinski definition) is 0. The summed E-state index contributed by atoms with van der Waals surface area (Å²) in [6.07, 6.45) is 4.85. The highest BCUT2D eigenvalue weighted by atomic mass is 15.3. The zero-order valence-electron chi connectivity index (χ0n) is 14.5. The van der Waals surface area contributed by atoms with Gasteiger partial charge in [-0.25, -0.2) is 14.6 Å². The van der Waals surface area contributed by atoms with Crippen molar-refractivity contribution in [3.8, 4) is 5.69 Å². The van der Waals surface area contributed by atoms with E-state index in [1.165, 1.54) is 12.0 Å². The Labute approximate surface area is 142 Å². The van der Waals surface area contributed by atoms with Gasteiger partial charge in [-0.2, -0.15) is 5.10 Å². The molecule has 0 amide bonds. The predicted octanol–water partition coefficient (Wildman–Crippen LogP) is 3.61. The summed E-state index contributed by atoms with van der Waals surface area (Å²) in [5.41, 5.74) is 3.13. The molecule has 2 aromatic heterocycles. The highest BCUT2D eigenvalue weighted by molar-refractivity contribution is 5.87. The molecule has 5 heteroatoms. The summed E-state index contributed by atoms with van der Waals surface area (Å²) in [7, 11) is 0. The average molecular weight is 321 g/mol. The lowest BCUT2D eigenvalue weighted by Crippen LogP contribution is -2.39. The lowest BCUT2D eigenvalue weighted by molar-refractivity contribution is 0.356. The van der Waals surface area contributed by atoms with Crippen LogP contribution in [0.25, 0.3) is 16.7 Å². The molecule has 2 atom stereocenters. The monoisotopic (exact) mass is 321 g/mol. The van der Waals surface area contributed by atoms with Gasteiger partial charge >= 0.3 is 0 Å². The zero-order chi connectivity index (χ0) is 16.7. The highest BCUT2D eigenvalue weighted by Gasteiger charge is 2.25. The van der Waals surface area contributed by atoms with Crippen LogP contribution >= 0.6 is 0 Å². The Morgan fingerprint density at radius 3 is 2.54 bits per heavy atom. The van der Waals surface area contributed by atoms with Gasteiger partial charge in [-0.15, -0.1) is 0 Å². The van der Waals surface area contributed by atoms with Crippen LogP contribution in [0.2, 0.25) is 0 Å². The molecule has 0 radical (unpaired) electrons. The number of benzene rings is 1. The Morgan fingerprint density at radius 2 is 1.79 bits per heavy atom. The Hall–Kier alpha value is -2.43. The molecule has 24 heavy (non-hydrogen) atoms. The molecule has 1 aliphatic heterocycles. The van der Waals surface area contributed by atoms with Gasteiger partial charge in [-0.3, -0.25) is 0 Å². The van der Waals surface area contributed by atoms with Gasteiger partial charge in [0, 0.05) is 13.1 Å². The van der Waals surface area contributed by atoms with Crippen LogP contribution in [0.15, 0.2) is 36.8 Å². The summed E-state index contributed by atoms with van der Waals surface area (Å²) in [5.74, 6) is 2.38. The Balaban J connectivity index is 1.81. The van der Waals surface area contributed by atoms with Gasteiger partial charge in [0.15, 0.2) is 5.65 Å². The van der Waals surface area contributed by atoms with Gasteiger partial charge in [0.2, 0.25) is 0 Å². The predicted molar refractivity (Wildman–Crippen MR) is 96.6 cm³/mol. The third-order valence-corrected chi connectivity index (χ3v) is 4.86. The standard InChI is InChI=1S/C19H23N5/c1-13-8-14(2)11-23(10-13)18-16-9-22-24(19(16)21-12-20-18)17-7-5-4-6-15(17)3/h4-7,9,12-14H,8,10-11H2,1-3H3/t13-,14+. The molecule has 0 saturated carbocycles. The summed E-state index contributed by atoms with van der Waals surface area (Å²) < 4.78 is 1.92. The molecule has 0 aliphatic carbocycles. The molecule has 1 aliphatic rings. The molecule has 3 aromatic rings. The molecule has 5 nitrogen and oxygen atoms in total. The van der Waals surface area contributed by atoms with E-state index in [0.29, 0.717) is 11.8 Å². The second kappa shape index (κ2) is 5.89. The average Bonchev–Trinajstić information content (AvgIpc) is 2.98. The second-order valence-electron chi connectivity index (χ2n) is 7.13. The minimum absolute atomic E-state index is 0.685.